The van der Waals surface area contributed by atoms with Crippen molar-refractivity contribution in [1.29, 1.82) is 0 Å². The van der Waals surface area contributed by atoms with E-state index in [1.165, 1.54) is 32.2 Å². The number of likely N-dealkylation sites (tertiary alicyclic amines) is 1. The molecule has 0 aliphatic carbocycles. The number of halogens is 1. The topological polar surface area (TPSA) is 12.5 Å². The third kappa shape index (κ3) is 3.89. The van der Waals surface area contributed by atoms with Gasteiger partial charge in [0.1, 0.15) is 5.75 Å². The summed E-state index contributed by atoms with van der Waals surface area (Å²) in [6.07, 6.45) is 5.19. The number of benzene rings is 1. The first-order valence-electron chi connectivity index (χ1n) is 7.86. The molecule has 1 heterocycles. The molecular weight excluding hydrogens is 270 g/mol. The van der Waals surface area contributed by atoms with Gasteiger partial charge in [-0.25, -0.2) is 0 Å². The monoisotopic (exact) mass is 295 g/mol. The molecule has 112 valence electrons. The lowest BCUT2D eigenvalue weighted by Crippen LogP contribution is -2.40. The van der Waals surface area contributed by atoms with Gasteiger partial charge >= 0.3 is 0 Å². The molecule has 2 nitrogen and oxygen atoms in total. The maximum Gasteiger partial charge on any atom is 0.124 e. The van der Waals surface area contributed by atoms with Gasteiger partial charge < -0.3 is 4.74 Å². The van der Waals surface area contributed by atoms with Gasteiger partial charge in [0.2, 0.25) is 0 Å². The summed E-state index contributed by atoms with van der Waals surface area (Å²) < 4.78 is 5.70. The van der Waals surface area contributed by atoms with Gasteiger partial charge in [-0.05, 0) is 38.8 Å². The summed E-state index contributed by atoms with van der Waals surface area (Å²) in [6, 6.07) is 8.85. The highest BCUT2D eigenvalue weighted by molar-refractivity contribution is 6.21. The normalized spacial score (nSPS) is 21.6. The van der Waals surface area contributed by atoms with Gasteiger partial charge in [0, 0.05) is 18.2 Å². The van der Waals surface area contributed by atoms with Crippen LogP contribution in [0.25, 0.3) is 0 Å². The summed E-state index contributed by atoms with van der Waals surface area (Å²) in [5.74, 6) is 0.931. The predicted octanol–water partition coefficient (Wildman–Crippen LogP) is 4.63. The lowest BCUT2D eigenvalue weighted by molar-refractivity contribution is 0.143. The van der Waals surface area contributed by atoms with E-state index in [4.69, 9.17) is 16.3 Å². The Morgan fingerprint density at radius 3 is 2.85 bits per heavy atom. The molecular formula is C17H26ClNO. The van der Waals surface area contributed by atoms with Crippen molar-refractivity contribution >= 4 is 11.6 Å². The average Bonchev–Trinajstić information content (AvgIpc) is 2.48. The molecule has 0 saturated carbocycles. The number of alkyl halides is 1. The molecule has 1 aromatic carbocycles. The van der Waals surface area contributed by atoms with Crippen molar-refractivity contribution < 1.29 is 4.74 Å². The van der Waals surface area contributed by atoms with Crippen LogP contribution in [-0.4, -0.2) is 30.6 Å². The van der Waals surface area contributed by atoms with E-state index in [9.17, 15) is 0 Å². The van der Waals surface area contributed by atoms with Crippen molar-refractivity contribution in [1.82, 2.24) is 4.90 Å². The highest BCUT2D eigenvalue weighted by Crippen LogP contribution is 2.32. The maximum atomic E-state index is 6.68. The second kappa shape index (κ2) is 7.90. The minimum absolute atomic E-state index is 0.00454. The molecule has 0 N–H and O–H groups in total. The zero-order valence-corrected chi connectivity index (χ0v) is 13.4. The summed E-state index contributed by atoms with van der Waals surface area (Å²) in [5.41, 5.74) is 1.12. The van der Waals surface area contributed by atoms with Gasteiger partial charge in [0.05, 0.1) is 12.0 Å². The van der Waals surface area contributed by atoms with E-state index in [-0.39, 0.29) is 5.38 Å². The standard InChI is InChI=1S/C17H26ClNO/c1-3-14-9-7-8-12-19(14)13-16(18)15-10-5-6-11-17(15)20-4-2/h5-6,10-11,14,16H,3-4,7-9,12-13H2,1-2H3. The van der Waals surface area contributed by atoms with Gasteiger partial charge in [-0.1, -0.05) is 31.5 Å². The number of nitrogens with zero attached hydrogens (tertiary/aromatic N) is 1. The van der Waals surface area contributed by atoms with Crippen LogP contribution in [0.15, 0.2) is 24.3 Å². The van der Waals surface area contributed by atoms with Gasteiger partial charge in [0.25, 0.3) is 0 Å². The molecule has 1 saturated heterocycles. The van der Waals surface area contributed by atoms with E-state index in [0.717, 1.165) is 17.9 Å². The van der Waals surface area contributed by atoms with Crippen LogP contribution >= 0.6 is 11.6 Å². The van der Waals surface area contributed by atoms with E-state index < -0.39 is 0 Å². The average molecular weight is 296 g/mol. The van der Waals surface area contributed by atoms with E-state index in [0.29, 0.717) is 12.6 Å². The van der Waals surface area contributed by atoms with Crippen LogP contribution in [0.1, 0.15) is 50.5 Å². The Balaban J connectivity index is 2.05. The van der Waals surface area contributed by atoms with Crippen molar-refractivity contribution in [2.45, 2.75) is 50.9 Å². The Morgan fingerprint density at radius 1 is 1.30 bits per heavy atom. The largest absolute Gasteiger partial charge is 0.494 e. The number of piperidine rings is 1. The molecule has 1 aliphatic rings. The summed E-state index contributed by atoms with van der Waals surface area (Å²) in [7, 11) is 0. The third-order valence-corrected chi connectivity index (χ3v) is 4.54. The molecule has 20 heavy (non-hydrogen) atoms. The van der Waals surface area contributed by atoms with Crippen LogP contribution in [0, 0.1) is 0 Å². The number of ether oxygens (including phenoxy) is 1. The summed E-state index contributed by atoms with van der Waals surface area (Å²) in [4.78, 5) is 2.56. The van der Waals surface area contributed by atoms with Gasteiger partial charge in [-0.15, -0.1) is 11.6 Å². The van der Waals surface area contributed by atoms with Gasteiger partial charge in [-0.3, -0.25) is 4.90 Å². The predicted molar refractivity (Wildman–Crippen MR) is 85.7 cm³/mol. The molecule has 2 atom stereocenters. The van der Waals surface area contributed by atoms with Crippen LogP contribution < -0.4 is 4.74 Å². The van der Waals surface area contributed by atoms with Crippen molar-refractivity contribution in [2.24, 2.45) is 0 Å². The number of para-hydroxylation sites is 1. The zero-order valence-electron chi connectivity index (χ0n) is 12.6. The van der Waals surface area contributed by atoms with E-state index in [1.54, 1.807) is 0 Å². The SMILES string of the molecule is CCOc1ccccc1C(Cl)CN1CCCCC1CC. The molecule has 3 heteroatoms. The third-order valence-electron chi connectivity index (χ3n) is 4.17. The quantitative estimate of drug-likeness (QED) is 0.710. The Kier molecular flexibility index (Phi) is 6.18. The van der Waals surface area contributed by atoms with Crippen molar-refractivity contribution in [2.75, 3.05) is 19.7 Å². The minimum atomic E-state index is 0.00454. The molecule has 0 bridgehead atoms. The van der Waals surface area contributed by atoms with E-state index in [1.807, 2.05) is 25.1 Å². The molecule has 1 aromatic rings. The highest BCUT2D eigenvalue weighted by Gasteiger charge is 2.24. The Hall–Kier alpha value is -0.730. The fraction of sp³-hybridized carbons (Fsp3) is 0.647. The van der Waals surface area contributed by atoms with Crippen LogP contribution in [0.3, 0.4) is 0 Å². The van der Waals surface area contributed by atoms with E-state index in [2.05, 4.69) is 17.9 Å². The highest BCUT2D eigenvalue weighted by atomic mass is 35.5. The fourth-order valence-corrected chi connectivity index (χ4v) is 3.45. The molecule has 2 unspecified atom stereocenters. The van der Waals surface area contributed by atoms with E-state index >= 15 is 0 Å². The molecule has 0 amide bonds. The smallest absolute Gasteiger partial charge is 0.124 e. The van der Waals surface area contributed by atoms with Gasteiger partial charge in [0.15, 0.2) is 0 Å². The molecule has 0 spiro atoms. The maximum absolute atomic E-state index is 6.68. The van der Waals surface area contributed by atoms with Crippen molar-refractivity contribution in [3.63, 3.8) is 0 Å². The minimum Gasteiger partial charge on any atom is -0.494 e. The fourth-order valence-electron chi connectivity index (χ4n) is 3.09. The van der Waals surface area contributed by atoms with Crippen LogP contribution in [0.5, 0.6) is 5.75 Å². The zero-order chi connectivity index (χ0) is 14.4. The summed E-state index contributed by atoms with van der Waals surface area (Å²) in [6.45, 7) is 7.07. The molecule has 1 aliphatic heterocycles. The lowest BCUT2D eigenvalue weighted by Gasteiger charge is -2.36. The number of hydrogen-bond donors (Lipinski definition) is 0. The van der Waals surface area contributed by atoms with Crippen LogP contribution in [0.4, 0.5) is 0 Å². The van der Waals surface area contributed by atoms with Crippen molar-refractivity contribution in [3.05, 3.63) is 29.8 Å². The molecule has 2 rings (SSSR count). The van der Waals surface area contributed by atoms with Crippen LogP contribution in [-0.2, 0) is 0 Å². The van der Waals surface area contributed by atoms with Gasteiger partial charge in [-0.2, -0.15) is 0 Å². The molecule has 1 fully saturated rings. The second-order valence-corrected chi connectivity index (χ2v) is 6.02. The van der Waals surface area contributed by atoms with Crippen molar-refractivity contribution in [3.8, 4) is 5.75 Å². The molecule has 0 aromatic heterocycles. The second-order valence-electron chi connectivity index (χ2n) is 5.49. The summed E-state index contributed by atoms with van der Waals surface area (Å²) in [5, 5.41) is 0.00454. The Bertz CT molecular complexity index is 410. The number of rotatable bonds is 6. The first-order valence-corrected chi connectivity index (χ1v) is 8.29. The Morgan fingerprint density at radius 2 is 2.10 bits per heavy atom. The first kappa shape index (κ1) is 15.7. The summed E-state index contributed by atoms with van der Waals surface area (Å²) >= 11 is 6.68. The molecule has 0 radical (unpaired) electrons. The number of hydrogen-bond acceptors (Lipinski definition) is 2. The Labute approximate surface area is 128 Å². The first-order chi connectivity index (χ1) is 9.76. The van der Waals surface area contributed by atoms with Crippen LogP contribution in [0.2, 0.25) is 0 Å². The lowest BCUT2D eigenvalue weighted by atomic mass is 9.99.